The Bertz CT molecular complexity index is 1570. The number of halogens is 1. The van der Waals surface area contributed by atoms with Gasteiger partial charge < -0.3 is 33.9 Å². The van der Waals surface area contributed by atoms with Gasteiger partial charge in [-0.3, -0.25) is 10.1 Å². The molecule has 1 aliphatic carbocycles. The topological polar surface area (TPSA) is 126 Å². The number of ether oxygens (including phenoxy) is 5. The van der Waals surface area contributed by atoms with Crippen molar-refractivity contribution in [3.05, 3.63) is 47.3 Å². The highest BCUT2D eigenvalue weighted by molar-refractivity contribution is 6.07. The molecular weight excluding hydrogens is 645 g/mol. The fourth-order valence-electron chi connectivity index (χ4n) is 6.49. The van der Waals surface area contributed by atoms with Crippen LogP contribution in [0.4, 0.5) is 26.2 Å². The number of anilines is 3. The van der Waals surface area contributed by atoms with Gasteiger partial charge in [-0.25, -0.2) is 14.2 Å². The lowest BCUT2D eigenvalue weighted by molar-refractivity contribution is -0.139. The summed E-state index contributed by atoms with van der Waals surface area (Å²) in [5.41, 5.74) is 1.23. The molecule has 2 aliphatic heterocycles. The van der Waals surface area contributed by atoms with E-state index in [1.807, 2.05) is 39.6 Å². The lowest BCUT2D eigenvalue weighted by atomic mass is 9.86. The minimum atomic E-state index is -0.653. The quantitative estimate of drug-likeness (QED) is 0.170. The Morgan fingerprint density at radius 2 is 1.78 bits per heavy atom. The normalized spacial score (nSPS) is 21.0. The number of nitrogens with zero attached hydrogens (tertiary/aromatic N) is 3. The molecule has 5 rings (SSSR count). The zero-order valence-corrected chi connectivity index (χ0v) is 30.7. The molecule has 12 nitrogen and oxygen atoms in total. The Labute approximate surface area is 294 Å². The van der Waals surface area contributed by atoms with Crippen LogP contribution in [0.25, 0.3) is 0 Å². The van der Waals surface area contributed by atoms with E-state index in [2.05, 4.69) is 10.6 Å². The van der Waals surface area contributed by atoms with Crippen molar-refractivity contribution in [3.8, 4) is 5.75 Å². The maximum Gasteiger partial charge on any atom is 0.412 e. The molecule has 1 saturated heterocycles. The first kappa shape index (κ1) is 37.3. The number of nitrogens with one attached hydrogen (secondary N) is 2. The number of likely N-dealkylation sites (N-methyl/N-ethyl adjacent to an activating group) is 1. The second-order valence-electron chi connectivity index (χ2n) is 14.3. The van der Waals surface area contributed by atoms with Crippen molar-refractivity contribution in [1.82, 2.24) is 4.90 Å². The predicted octanol–water partition coefficient (Wildman–Crippen LogP) is 7.62. The highest BCUT2D eigenvalue weighted by atomic mass is 19.1. The molecule has 1 saturated carbocycles. The van der Waals surface area contributed by atoms with Crippen LogP contribution in [0.1, 0.15) is 96.5 Å². The second-order valence-corrected chi connectivity index (χ2v) is 14.3. The zero-order valence-electron chi connectivity index (χ0n) is 30.7. The number of hydrogen-bond acceptors (Lipinski definition) is 10. The third-order valence-electron chi connectivity index (χ3n) is 9.09. The van der Waals surface area contributed by atoms with E-state index in [0.29, 0.717) is 35.3 Å². The van der Waals surface area contributed by atoms with Crippen LogP contribution in [-0.2, 0) is 18.9 Å². The maximum absolute atomic E-state index is 16.2. The molecule has 2 aromatic rings. The van der Waals surface area contributed by atoms with Crippen molar-refractivity contribution in [3.63, 3.8) is 0 Å². The van der Waals surface area contributed by atoms with Gasteiger partial charge in [0.2, 0.25) is 0 Å². The molecule has 0 spiro atoms. The smallest absolute Gasteiger partial charge is 0.412 e. The van der Waals surface area contributed by atoms with E-state index < -0.39 is 42.0 Å². The number of fused-ring (bicyclic) bond motifs is 1. The number of benzene rings is 2. The van der Waals surface area contributed by atoms with Crippen molar-refractivity contribution in [2.45, 2.75) is 124 Å². The molecule has 0 aromatic heterocycles. The summed E-state index contributed by atoms with van der Waals surface area (Å²) in [4.78, 5) is 28.0. The molecule has 5 atom stereocenters. The van der Waals surface area contributed by atoms with Gasteiger partial charge in [0.25, 0.3) is 5.91 Å². The van der Waals surface area contributed by atoms with Crippen LogP contribution in [0, 0.1) is 18.7 Å². The molecule has 0 bridgehead atoms. The molecule has 3 aliphatic rings. The van der Waals surface area contributed by atoms with Crippen molar-refractivity contribution in [1.29, 1.82) is 0 Å². The summed E-state index contributed by atoms with van der Waals surface area (Å²) in [6, 6.07) is 7.80. The van der Waals surface area contributed by atoms with Gasteiger partial charge in [0.15, 0.2) is 24.6 Å². The van der Waals surface area contributed by atoms with Crippen LogP contribution in [0.3, 0.4) is 0 Å². The van der Waals surface area contributed by atoms with Crippen LogP contribution in [0.5, 0.6) is 5.75 Å². The number of carbonyl (C=O) groups excluding carboxylic acids is 2. The van der Waals surface area contributed by atoms with Crippen LogP contribution in [-0.4, -0.2) is 72.9 Å². The molecule has 274 valence electrons. The van der Waals surface area contributed by atoms with Gasteiger partial charge in [0.05, 0.1) is 11.7 Å². The van der Waals surface area contributed by atoms with Gasteiger partial charge in [-0.1, -0.05) is 19.3 Å². The highest BCUT2D eigenvalue weighted by Crippen LogP contribution is 2.41. The van der Waals surface area contributed by atoms with E-state index in [1.165, 1.54) is 17.5 Å². The van der Waals surface area contributed by atoms with E-state index in [-0.39, 0.29) is 29.3 Å². The summed E-state index contributed by atoms with van der Waals surface area (Å²) in [5.74, 6) is -0.0725. The van der Waals surface area contributed by atoms with Gasteiger partial charge in [-0.15, -0.1) is 0 Å². The maximum atomic E-state index is 16.2. The summed E-state index contributed by atoms with van der Waals surface area (Å²) in [6.07, 6.45) is 2.91. The largest absolute Gasteiger partial charge is 0.490 e. The molecule has 5 unspecified atom stereocenters. The monoisotopic (exact) mass is 697 g/mol. The summed E-state index contributed by atoms with van der Waals surface area (Å²) < 4.78 is 45.5. The Morgan fingerprint density at radius 3 is 2.44 bits per heavy atom. The number of hydrazone groups is 1. The highest BCUT2D eigenvalue weighted by Gasteiger charge is 2.53. The molecule has 13 heteroatoms. The standard InChI is InChI=1S/C37H52FN5O7/c1-10-46-24(5)47-23(4)32-41-43(35-34(49-35)42(32)9)30-20-31(48-22(3)25-14-12-11-13-15-25)27(19-28(30)38)33(44)40-29-17-16-26(18-21(29)2)39-36(45)50-37(6,7)8/h16-20,22-25,34-35H,10-15H2,1-9H3,(H,39,45)(H,40,44). The van der Waals surface area contributed by atoms with Crippen LogP contribution in [0.15, 0.2) is 35.4 Å². The molecular formula is C37H52FN5O7. The minimum absolute atomic E-state index is 0.0538. The van der Waals surface area contributed by atoms with E-state index in [4.69, 9.17) is 28.8 Å². The fraction of sp³-hybridized carbons (Fsp3) is 0.595. The Hall–Kier alpha value is -3.94. The lowest BCUT2D eigenvalue weighted by Gasteiger charge is -2.33. The first-order valence-electron chi connectivity index (χ1n) is 17.6. The summed E-state index contributed by atoms with van der Waals surface area (Å²) in [6.45, 7) is 15.2. The fourth-order valence-corrected chi connectivity index (χ4v) is 6.49. The number of epoxide rings is 1. The van der Waals surface area contributed by atoms with Gasteiger partial charge in [0.1, 0.15) is 29.0 Å². The second kappa shape index (κ2) is 15.5. The summed E-state index contributed by atoms with van der Waals surface area (Å²) >= 11 is 0. The number of aryl methyl sites for hydroxylation is 1. The third kappa shape index (κ3) is 9.04. The first-order chi connectivity index (χ1) is 23.6. The van der Waals surface area contributed by atoms with Crippen LogP contribution < -0.4 is 20.4 Å². The summed E-state index contributed by atoms with van der Waals surface area (Å²) in [5, 5.41) is 11.9. The van der Waals surface area contributed by atoms with E-state index in [0.717, 1.165) is 25.7 Å². The average Bonchev–Trinajstić information content (AvgIpc) is 3.85. The van der Waals surface area contributed by atoms with E-state index in [9.17, 15) is 9.59 Å². The number of carbonyl (C=O) groups is 2. The molecule has 0 radical (unpaired) electrons. The third-order valence-corrected chi connectivity index (χ3v) is 9.09. The van der Waals surface area contributed by atoms with Crippen LogP contribution in [0.2, 0.25) is 0 Å². The molecule has 2 amide bonds. The van der Waals surface area contributed by atoms with Gasteiger partial charge in [-0.2, -0.15) is 5.10 Å². The lowest BCUT2D eigenvalue weighted by Crippen LogP contribution is -2.47. The van der Waals surface area contributed by atoms with Gasteiger partial charge in [0, 0.05) is 31.1 Å². The summed E-state index contributed by atoms with van der Waals surface area (Å²) in [7, 11) is 1.86. The molecule has 2 N–H and O–H groups in total. The Kier molecular flexibility index (Phi) is 11.6. The van der Waals surface area contributed by atoms with Crippen molar-refractivity contribution in [2.24, 2.45) is 11.0 Å². The zero-order chi connectivity index (χ0) is 36.3. The number of hydrogen-bond donors (Lipinski definition) is 2. The van der Waals surface area contributed by atoms with Gasteiger partial charge in [-0.05, 0) is 104 Å². The number of amidine groups is 1. The van der Waals surface area contributed by atoms with Crippen LogP contribution >= 0.6 is 0 Å². The van der Waals surface area contributed by atoms with E-state index >= 15 is 4.39 Å². The number of rotatable bonds is 12. The van der Waals surface area contributed by atoms with Crippen molar-refractivity contribution >= 4 is 34.9 Å². The Morgan fingerprint density at radius 1 is 1.06 bits per heavy atom. The molecule has 50 heavy (non-hydrogen) atoms. The molecule has 2 fully saturated rings. The first-order valence-corrected chi connectivity index (χ1v) is 17.6. The van der Waals surface area contributed by atoms with Crippen molar-refractivity contribution in [2.75, 3.05) is 29.3 Å². The van der Waals surface area contributed by atoms with Gasteiger partial charge >= 0.3 is 6.09 Å². The predicted molar refractivity (Wildman–Crippen MR) is 190 cm³/mol. The SMILES string of the molecule is CCOC(C)OC(C)C1=NN(c2cc(OC(C)C3CCCCC3)c(C(=O)Nc3ccc(NC(=O)OC(C)(C)C)cc3C)cc2F)C2OC2N1C. The van der Waals surface area contributed by atoms with E-state index in [1.54, 1.807) is 52.0 Å². The average molecular weight is 698 g/mol. The molecule has 2 aromatic carbocycles. The minimum Gasteiger partial charge on any atom is -0.490 e. The molecule has 2 heterocycles. The number of amides is 2. The van der Waals surface area contributed by atoms with Crippen molar-refractivity contribution < 1.29 is 37.7 Å². The Balaban J connectivity index is 1.43.